The van der Waals surface area contributed by atoms with E-state index in [0.717, 1.165) is 92.4 Å². The van der Waals surface area contributed by atoms with Gasteiger partial charge in [0.15, 0.2) is 11.5 Å². The number of benzene rings is 2. The normalized spacial score (nSPS) is 15.6. The predicted octanol–water partition coefficient (Wildman–Crippen LogP) is 3.81. The fourth-order valence-electron chi connectivity index (χ4n) is 5.01. The summed E-state index contributed by atoms with van der Waals surface area (Å²) in [6, 6.07) is 14.2. The molecular weight excluding hydrogens is 478 g/mol. The van der Waals surface area contributed by atoms with E-state index in [4.69, 9.17) is 24.2 Å². The first kappa shape index (κ1) is 25.9. The molecule has 0 radical (unpaired) electrons. The van der Waals surface area contributed by atoms with Crippen molar-refractivity contribution in [2.24, 2.45) is 0 Å². The molecule has 0 spiro atoms. The van der Waals surface area contributed by atoms with Gasteiger partial charge in [-0.15, -0.1) is 12.4 Å². The lowest BCUT2D eigenvalue weighted by Crippen LogP contribution is -2.47. The maximum atomic E-state index is 5.62. The zero-order chi connectivity index (χ0) is 24.2. The van der Waals surface area contributed by atoms with E-state index in [-0.39, 0.29) is 12.4 Å². The second kappa shape index (κ2) is 11.7. The Kier molecular flexibility index (Phi) is 8.38. The fraction of sp³-hybridized carbons (Fsp3) is 0.407. The van der Waals surface area contributed by atoms with Crippen LogP contribution in [0.2, 0.25) is 0 Å². The molecule has 3 heterocycles. The van der Waals surface area contributed by atoms with Crippen molar-refractivity contribution >= 4 is 24.0 Å². The summed E-state index contributed by atoms with van der Waals surface area (Å²) in [5.74, 6) is 3.33. The van der Waals surface area contributed by atoms with Crippen molar-refractivity contribution in [3.63, 3.8) is 0 Å². The van der Waals surface area contributed by atoms with Crippen molar-refractivity contribution in [3.05, 3.63) is 65.5 Å². The highest BCUT2D eigenvalue weighted by Gasteiger charge is 2.24. The first-order chi connectivity index (χ1) is 17.2. The van der Waals surface area contributed by atoms with Crippen molar-refractivity contribution in [1.29, 1.82) is 0 Å². The third kappa shape index (κ3) is 5.29. The van der Waals surface area contributed by atoms with Gasteiger partial charge in [0.1, 0.15) is 5.75 Å². The van der Waals surface area contributed by atoms with E-state index < -0.39 is 0 Å². The minimum absolute atomic E-state index is 0. The second-order valence-corrected chi connectivity index (χ2v) is 8.90. The molecule has 3 aromatic rings. The SMILES string of the molecule is COc1ccccc1N1CCN(c2ncc3c(n2)CCN(Cc2cccc(OC)c2OC)C3)CC1.Cl. The maximum Gasteiger partial charge on any atom is 0.225 e. The summed E-state index contributed by atoms with van der Waals surface area (Å²) in [4.78, 5) is 16.8. The van der Waals surface area contributed by atoms with Gasteiger partial charge in [-0.2, -0.15) is 0 Å². The zero-order valence-corrected chi connectivity index (χ0v) is 22.0. The van der Waals surface area contributed by atoms with Crippen LogP contribution in [-0.4, -0.2) is 68.9 Å². The molecule has 0 amide bonds. The third-order valence-corrected chi connectivity index (χ3v) is 6.87. The number of piperazine rings is 1. The first-order valence-electron chi connectivity index (χ1n) is 12.1. The quantitative estimate of drug-likeness (QED) is 0.474. The van der Waals surface area contributed by atoms with Crippen LogP contribution in [0.5, 0.6) is 17.2 Å². The number of fused-ring (bicyclic) bond motifs is 1. The van der Waals surface area contributed by atoms with Crippen molar-refractivity contribution in [2.45, 2.75) is 19.5 Å². The van der Waals surface area contributed by atoms with Gasteiger partial charge in [-0.25, -0.2) is 9.97 Å². The monoisotopic (exact) mass is 511 g/mol. The largest absolute Gasteiger partial charge is 0.495 e. The molecule has 192 valence electrons. The Morgan fingerprint density at radius 3 is 2.28 bits per heavy atom. The van der Waals surface area contributed by atoms with E-state index in [9.17, 15) is 0 Å². The van der Waals surface area contributed by atoms with Crippen molar-refractivity contribution in [2.75, 3.05) is 63.9 Å². The Labute approximate surface area is 219 Å². The molecule has 2 aromatic carbocycles. The van der Waals surface area contributed by atoms with Gasteiger partial charge in [-0.3, -0.25) is 4.90 Å². The Morgan fingerprint density at radius 2 is 1.53 bits per heavy atom. The molecule has 2 aliphatic heterocycles. The molecule has 0 aliphatic carbocycles. The number of methoxy groups -OCH3 is 3. The average molecular weight is 512 g/mol. The van der Waals surface area contributed by atoms with Crippen LogP contribution in [0.25, 0.3) is 0 Å². The highest BCUT2D eigenvalue weighted by atomic mass is 35.5. The molecule has 1 aromatic heterocycles. The average Bonchev–Trinajstić information content (AvgIpc) is 2.92. The van der Waals surface area contributed by atoms with Crippen LogP contribution in [0.1, 0.15) is 16.8 Å². The highest BCUT2D eigenvalue weighted by Crippen LogP contribution is 2.33. The number of rotatable bonds is 7. The molecule has 36 heavy (non-hydrogen) atoms. The van der Waals surface area contributed by atoms with E-state index >= 15 is 0 Å². The molecule has 8 nitrogen and oxygen atoms in total. The Hall–Kier alpha value is -3.23. The smallest absolute Gasteiger partial charge is 0.225 e. The lowest BCUT2D eigenvalue weighted by atomic mass is 10.1. The number of ether oxygens (including phenoxy) is 3. The van der Waals surface area contributed by atoms with Gasteiger partial charge in [-0.1, -0.05) is 24.3 Å². The van der Waals surface area contributed by atoms with Crippen molar-refractivity contribution in [1.82, 2.24) is 14.9 Å². The van der Waals surface area contributed by atoms with Gasteiger partial charge in [0.2, 0.25) is 5.95 Å². The highest BCUT2D eigenvalue weighted by molar-refractivity contribution is 5.85. The number of nitrogens with zero attached hydrogens (tertiary/aromatic N) is 5. The standard InChI is InChI=1S/C27H33N5O3.ClH/c1-33-24-9-5-4-8-23(24)31-13-15-32(16-14-31)27-28-17-21-19-30(12-11-22(21)29-27)18-20-7-6-10-25(34-2)26(20)35-3;/h4-10,17H,11-16,18-19H2,1-3H3;1H. The summed E-state index contributed by atoms with van der Waals surface area (Å²) in [5, 5.41) is 0. The lowest BCUT2D eigenvalue weighted by molar-refractivity contribution is 0.238. The van der Waals surface area contributed by atoms with Crippen LogP contribution in [0.15, 0.2) is 48.7 Å². The van der Waals surface area contributed by atoms with E-state index in [1.54, 1.807) is 21.3 Å². The van der Waals surface area contributed by atoms with Gasteiger partial charge in [0.25, 0.3) is 0 Å². The number of para-hydroxylation sites is 3. The fourth-order valence-corrected chi connectivity index (χ4v) is 5.01. The number of aromatic nitrogens is 2. The number of hydrogen-bond acceptors (Lipinski definition) is 8. The van der Waals surface area contributed by atoms with E-state index in [2.05, 4.69) is 32.9 Å². The first-order valence-corrected chi connectivity index (χ1v) is 12.1. The van der Waals surface area contributed by atoms with Gasteiger partial charge in [-0.05, 0) is 18.2 Å². The molecule has 0 saturated carbocycles. The van der Waals surface area contributed by atoms with Gasteiger partial charge < -0.3 is 24.0 Å². The van der Waals surface area contributed by atoms with Crippen LogP contribution < -0.4 is 24.0 Å². The topological polar surface area (TPSA) is 63.2 Å². The molecule has 5 rings (SSSR count). The molecule has 1 saturated heterocycles. The van der Waals surface area contributed by atoms with Crippen molar-refractivity contribution in [3.8, 4) is 17.2 Å². The van der Waals surface area contributed by atoms with Crippen LogP contribution in [0, 0.1) is 0 Å². The molecule has 0 unspecified atom stereocenters. The Morgan fingerprint density at radius 1 is 0.806 bits per heavy atom. The molecule has 9 heteroatoms. The molecule has 0 atom stereocenters. The van der Waals surface area contributed by atoms with E-state index in [1.807, 2.05) is 30.5 Å². The Balaban J connectivity index is 0.00000304. The minimum Gasteiger partial charge on any atom is -0.495 e. The van der Waals surface area contributed by atoms with E-state index in [1.165, 1.54) is 5.56 Å². The minimum atomic E-state index is 0. The maximum absolute atomic E-state index is 5.62. The van der Waals surface area contributed by atoms with Crippen LogP contribution in [-0.2, 0) is 19.5 Å². The van der Waals surface area contributed by atoms with Gasteiger partial charge >= 0.3 is 0 Å². The zero-order valence-electron chi connectivity index (χ0n) is 21.1. The third-order valence-electron chi connectivity index (χ3n) is 6.87. The molecule has 0 N–H and O–H groups in total. The number of hydrogen-bond donors (Lipinski definition) is 0. The summed E-state index contributed by atoms with van der Waals surface area (Å²) in [7, 11) is 5.09. The molecular formula is C27H34ClN5O3. The molecule has 1 fully saturated rings. The van der Waals surface area contributed by atoms with E-state index in [0.29, 0.717) is 0 Å². The van der Waals surface area contributed by atoms with Gasteiger partial charge in [0.05, 0.1) is 32.7 Å². The predicted molar refractivity (Wildman–Crippen MR) is 144 cm³/mol. The lowest BCUT2D eigenvalue weighted by Gasteiger charge is -2.37. The van der Waals surface area contributed by atoms with Crippen LogP contribution in [0.3, 0.4) is 0 Å². The van der Waals surface area contributed by atoms with Crippen molar-refractivity contribution < 1.29 is 14.2 Å². The molecule has 2 aliphatic rings. The second-order valence-electron chi connectivity index (χ2n) is 8.90. The number of anilines is 2. The van der Waals surface area contributed by atoms with Crippen LogP contribution in [0.4, 0.5) is 11.6 Å². The van der Waals surface area contributed by atoms with Gasteiger partial charge in [0, 0.05) is 69.6 Å². The summed E-state index contributed by atoms with van der Waals surface area (Å²) < 4.78 is 16.6. The molecule has 0 bridgehead atoms. The summed E-state index contributed by atoms with van der Waals surface area (Å²) in [5.41, 5.74) is 4.64. The summed E-state index contributed by atoms with van der Waals surface area (Å²) in [6.45, 7) is 6.18. The Bertz CT molecular complexity index is 1170. The summed E-state index contributed by atoms with van der Waals surface area (Å²) in [6.07, 6.45) is 2.93. The number of halogens is 1. The van der Waals surface area contributed by atoms with Crippen LogP contribution >= 0.6 is 12.4 Å². The summed E-state index contributed by atoms with van der Waals surface area (Å²) >= 11 is 0.